The molecule has 2 atom stereocenters. The van der Waals surface area contributed by atoms with Crippen molar-refractivity contribution in [3.63, 3.8) is 0 Å². The quantitative estimate of drug-likeness (QED) is 0.734. The first-order valence-corrected chi connectivity index (χ1v) is 8.46. The van der Waals surface area contributed by atoms with Crippen molar-refractivity contribution in [2.45, 2.75) is 77.9 Å². The smallest absolute Gasteiger partial charge is 0.326 e. The molecule has 0 aliphatic heterocycles. The number of nitrogens with zero attached hydrogens (tertiary/aromatic N) is 1. The number of ether oxygens (including phenoxy) is 1. The van der Waals surface area contributed by atoms with Gasteiger partial charge in [0.15, 0.2) is 0 Å². The zero-order chi connectivity index (χ0) is 16.0. The Labute approximate surface area is 130 Å². The Bertz CT molecular complexity index is 331. The molecule has 1 saturated carbocycles. The van der Waals surface area contributed by atoms with Crippen molar-refractivity contribution < 1.29 is 9.53 Å². The molecule has 1 rings (SSSR count). The van der Waals surface area contributed by atoms with Gasteiger partial charge in [0.2, 0.25) is 0 Å². The molecule has 124 valence electrons. The SMILES string of the molecule is CCOC(=O)C1(NC(C)C)CCCC(N(C)CC(C)C)C1. The molecule has 2 unspecified atom stereocenters. The number of hydrogen-bond acceptors (Lipinski definition) is 4. The fourth-order valence-corrected chi connectivity index (χ4v) is 3.54. The zero-order valence-corrected chi connectivity index (χ0v) is 14.7. The topological polar surface area (TPSA) is 41.6 Å². The van der Waals surface area contributed by atoms with E-state index in [1.165, 1.54) is 6.42 Å². The molecule has 1 fully saturated rings. The van der Waals surface area contributed by atoms with Gasteiger partial charge in [-0.25, -0.2) is 0 Å². The lowest BCUT2D eigenvalue weighted by molar-refractivity contribution is -0.154. The molecule has 0 spiro atoms. The van der Waals surface area contributed by atoms with Crippen molar-refractivity contribution in [1.29, 1.82) is 0 Å². The summed E-state index contributed by atoms with van der Waals surface area (Å²) in [6.07, 6.45) is 3.99. The molecule has 0 amide bonds. The first-order chi connectivity index (χ1) is 9.80. The summed E-state index contributed by atoms with van der Waals surface area (Å²) in [6.45, 7) is 12.1. The minimum atomic E-state index is -0.502. The third-order valence-electron chi connectivity index (χ3n) is 4.23. The van der Waals surface area contributed by atoms with Gasteiger partial charge < -0.3 is 9.64 Å². The Morgan fingerprint density at radius 1 is 1.38 bits per heavy atom. The van der Waals surface area contributed by atoms with Gasteiger partial charge in [0.25, 0.3) is 0 Å². The van der Waals surface area contributed by atoms with Crippen LogP contribution in [0.25, 0.3) is 0 Å². The Morgan fingerprint density at radius 3 is 2.57 bits per heavy atom. The zero-order valence-electron chi connectivity index (χ0n) is 14.7. The van der Waals surface area contributed by atoms with E-state index in [1.54, 1.807) is 0 Å². The number of hydrogen-bond donors (Lipinski definition) is 1. The molecule has 0 aromatic carbocycles. The van der Waals surface area contributed by atoms with Crippen LogP contribution in [0.2, 0.25) is 0 Å². The van der Waals surface area contributed by atoms with Crippen LogP contribution in [0.15, 0.2) is 0 Å². The minimum Gasteiger partial charge on any atom is -0.465 e. The van der Waals surface area contributed by atoms with Gasteiger partial charge in [0.1, 0.15) is 5.54 Å². The number of carbonyl (C=O) groups is 1. The van der Waals surface area contributed by atoms with Gasteiger partial charge in [-0.2, -0.15) is 0 Å². The van der Waals surface area contributed by atoms with Crippen LogP contribution in [0, 0.1) is 5.92 Å². The van der Waals surface area contributed by atoms with E-state index in [0.29, 0.717) is 18.6 Å². The van der Waals surface area contributed by atoms with Crippen LogP contribution in [0.3, 0.4) is 0 Å². The van der Waals surface area contributed by atoms with Crippen molar-refractivity contribution in [1.82, 2.24) is 10.2 Å². The summed E-state index contributed by atoms with van der Waals surface area (Å²) in [4.78, 5) is 15.0. The number of esters is 1. The van der Waals surface area contributed by atoms with Crippen LogP contribution in [0.4, 0.5) is 0 Å². The third kappa shape index (κ3) is 5.26. The van der Waals surface area contributed by atoms with E-state index in [9.17, 15) is 4.79 Å². The van der Waals surface area contributed by atoms with Gasteiger partial charge in [-0.3, -0.25) is 10.1 Å². The monoisotopic (exact) mass is 298 g/mol. The number of carbonyl (C=O) groups excluding carboxylic acids is 1. The van der Waals surface area contributed by atoms with Crippen molar-refractivity contribution in [3.8, 4) is 0 Å². The second-order valence-electron chi connectivity index (χ2n) is 7.19. The van der Waals surface area contributed by atoms with Crippen LogP contribution < -0.4 is 5.32 Å². The van der Waals surface area contributed by atoms with Gasteiger partial charge in [-0.1, -0.05) is 13.8 Å². The molecule has 0 bridgehead atoms. The number of rotatable bonds is 7. The Hall–Kier alpha value is -0.610. The van der Waals surface area contributed by atoms with Crippen molar-refractivity contribution >= 4 is 5.97 Å². The molecule has 0 radical (unpaired) electrons. The molecule has 1 N–H and O–H groups in total. The van der Waals surface area contributed by atoms with Gasteiger partial charge in [0, 0.05) is 18.6 Å². The third-order valence-corrected chi connectivity index (χ3v) is 4.23. The van der Waals surface area contributed by atoms with Crippen molar-refractivity contribution in [2.75, 3.05) is 20.2 Å². The summed E-state index contributed by atoms with van der Waals surface area (Å²) >= 11 is 0. The maximum Gasteiger partial charge on any atom is 0.326 e. The summed E-state index contributed by atoms with van der Waals surface area (Å²) in [5.41, 5.74) is -0.502. The molecule has 0 saturated heterocycles. The number of nitrogens with one attached hydrogen (secondary N) is 1. The summed E-state index contributed by atoms with van der Waals surface area (Å²) < 4.78 is 5.37. The highest BCUT2D eigenvalue weighted by Gasteiger charge is 2.45. The van der Waals surface area contributed by atoms with Gasteiger partial charge in [-0.15, -0.1) is 0 Å². The van der Waals surface area contributed by atoms with E-state index in [4.69, 9.17) is 4.74 Å². The van der Waals surface area contributed by atoms with Gasteiger partial charge in [0.05, 0.1) is 6.61 Å². The van der Waals surface area contributed by atoms with Crippen LogP contribution in [0.1, 0.15) is 60.3 Å². The van der Waals surface area contributed by atoms with Crippen LogP contribution in [-0.4, -0.2) is 48.7 Å². The molecule has 4 heteroatoms. The molecular formula is C17H34N2O2. The largest absolute Gasteiger partial charge is 0.465 e. The van der Waals surface area contributed by atoms with Crippen LogP contribution in [0.5, 0.6) is 0 Å². The lowest BCUT2D eigenvalue weighted by Crippen LogP contribution is -2.60. The van der Waals surface area contributed by atoms with E-state index in [2.05, 4.69) is 45.0 Å². The molecule has 21 heavy (non-hydrogen) atoms. The minimum absolute atomic E-state index is 0.0682. The molecule has 1 aliphatic carbocycles. The Balaban J connectivity index is 2.84. The second-order valence-corrected chi connectivity index (χ2v) is 7.19. The molecular weight excluding hydrogens is 264 g/mol. The molecule has 1 aliphatic rings. The Kier molecular flexibility index (Phi) is 7.14. The highest BCUT2D eigenvalue weighted by Crippen LogP contribution is 2.33. The fraction of sp³-hybridized carbons (Fsp3) is 0.941. The fourth-order valence-electron chi connectivity index (χ4n) is 3.54. The van der Waals surface area contributed by atoms with Crippen molar-refractivity contribution in [2.24, 2.45) is 5.92 Å². The predicted octanol–water partition coefficient (Wildman–Crippen LogP) is 2.82. The van der Waals surface area contributed by atoms with E-state index >= 15 is 0 Å². The highest BCUT2D eigenvalue weighted by atomic mass is 16.5. The standard InChI is InChI=1S/C17H34N2O2/c1-7-21-16(20)17(18-14(4)5)10-8-9-15(11-17)19(6)12-13(2)3/h13-15,18H,7-12H2,1-6H3. The average molecular weight is 298 g/mol. The molecule has 4 nitrogen and oxygen atoms in total. The summed E-state index contributed by atoms with van der Waals surface area (Å²) in [6, 6.07) is 0.736. The van der Waals surface area contributed by atoms with Crippen LogP contribution >= 0.6 is 0 Å². The maximum atomic E-state index is 12.5. The second kappa shape index (κ2) is 8.14. The van der Waals surface area contributed by atoms with Crippen molar-refractivity contribution in [3.05, 3.63) is 0 Å². The van der Waals surface area contributed by atoms with E-state index in [0.717, 1.165) is 25.8 Å². The average Bonchev–Trinajstić information content (AvgIpc) is 2.37. The first kappa shape index (κ1) is 18.4. The summed E-state index contributed by atoms with van der Waals surface area (Å²) in [5.74, 6) is 0.577. The maximum absolute atomic E-state index is 12.5. The van der Waals surface area contributed by atoms with Gasteiger partial charge in [-0.05, 0) is 59.4 Å². The lowest BCUT2D eigenvalue weighted by Gasteiger charge is -2.44. The molecule has 0 aromatic heterocycles. The molecule has 0 heterocycles. The van der Waals surface area contributed by atoms with Crippen LogP contribution in [-0.2, 0) is 9.53 Å². The molecule has 0 aromatic rings. The predicted molar refractivity (Wildman–Crippen MR) is 87.4 cm³/mol. The lowest BCUT2D eigenvalue weighted by atomic mass is 9.77. The van der Waals surface area contributed by atoms with E-state index in [1.807, 2.05) is 6.92 Å². The van der Waals surface area contributed by atoms with E-state index < -0.39 is 5.54 Å². The van der Waals surface area contributed by atoms with E-state index in [-0.39, 0.29) is 12.0 Å². The Morgan fingerprint density at radius 2 is 2.05 bits per heavy atom. The normalized spacial score (nSPS) is 26.6. The highest BCUT2D eigenvalue weighted by molar-refractivity contribution is 5.81. The summed E-state index contributed by atoms with van der Waals surface area (Å²) in [5, 5.41) is 3.52. The van der Waals surface area contributed by atoms with Gasteiger partial charge >= 0.3 is 5.97 Å². The first-order valence-electron chi connectivity index (χ1n) is 8.46. The summed E-state index contributed by atoms with van der Waals surface area (Å²) in [7, 11) is 2.18.